The van der Waals surface area contributed by atoms with E-state index in [0.717, 1.165) is 0 Å². The van der Waals surface area contributed by atoms with Gasteiger partial charge in [0.25, 0.3) is 0 Å². The zero-order valence-corrected chi connectivity index (χ0v) is 23.2. The second kappa shape index (κ2) is 11.1. The molecule has 0 saturated carbocycles. The summed E-state index contributed by atoms with van der Waals surface area (Å²) in [7, 11) is 0. The fourth-order valence-corrected chi connectivity index (χ4v) is 30.1. The number of benzene rings is 2. The zero-order valence-electron chi connectivity index (χ0n) is 18.1. The molecule has 0 amide bonds. The summed E-state index contributed by atoms with van der Waals surface area (Å²) in [6.07, 6.45) is 8.73. The summed E-state index contributed by atoms with van der Waals surface area (Å²) in [6, 6.07) is 23.0. The van der Waals surface area contributed by atoms with E-state index in [1.54, 1.807) is 21.5 Å². The van der Waals surface area contributed by atoms with Crippen LogP contribution in [-0.4, -0.2) is 5.92 Å². The van der Waals surface area contributed by atoms with E-state index in [-0.39, 0.29) is 24.8 Å². The van der Waals surface area contributed by atoms with Crippen molar-refractivity contribution in [2.75, 3.05) is 0 Å². The van der Waals surface area contributed by atoms with Crippen molar-refractivity contribution in [3.05, 3.63) is 102 Å². The first-order valence-electron chi connectivity index (χ1n) is 10.3. The average molecular weight is 532 g/mol. The Balaban J connectivity index is 0.00000160. The van der Waals surface area contributed by atoms with Crippen molar-refractivity contribution in [2.45, 2.75) is 34.1 Å². The van der Waals surface area contributed by atoms with Gasteiger partial charge in [0.15, 0.2) is 0 Å². The molecule has 0 aliphatic heterocycles. The standard InChI is InChI=1S/C12H11Si.2C7H9.2ClH.Zr/c1-3-7-11(8-4-1)13-12-9-5-2-6-10-12;2*1-6-3-4-7(2)5-6;;;/h1-10,13H;5H,3H2,1-2H3;3,5,7H,1-2H3;2*1H;/q;;;;;+2/p-2. The van der Waals surface area contributed by atoms with Gasteiger partial charge in [-0.1, -0.05) is 0 Å². The summed E-state index contributed by atoms with van der Waals surface area (Å²) >= 11 is -2.10. The van der Waals surface area contributed by atoms with Gasteiger partial charge in [-0.15, -0.1) is 0 Å². The van der Waals surface area contributed by atoms with Gasteiger partial charge >= 0.3 is 179 Å². The van der Waals surface area contributed by atoms with Gasteiger partial charge in [0.1, 0.15) is 0 Å². The normalized spacial score (nSPS) is 17.8. The number of halogens is 2. The van der Waals surface area contributed by atoms with Crippen molar-refractivity contribution in [1.82, 2.24) is 0 Å². The van der Waals surface area contributed by atoms with Gasteiger partial charge in [0, 0.05) is 0 Å². The predicted octanol–water partition coefficient (Wildman–Crippen LogP) is -0.745. The third kappa shape index (κ3) is 5.28. The molecular weight excluding hydrogens is 503 g/mol. The van der Waals surface area contributed by atoms with Crippen molar-refractivity contribution in [3.8, 4) is 0 Å². The van der Waals surface area contributed by atoms with E-state index in [2.05, 4.69) is 107 Å². The maximum atomic E-state index is 2.57. The summed E-state index contributed by atoms with van der Waals surface area (Å²) < 4.78 is 3.67. The van der Waals surface area contributed by atoms with E-state index in [4.69, 9.17) is 0 Å². The van der Waals surface area contributed by atoms with Crippen LogP contribution >= 0.6 is 0 Å². The Morgan fingerprint density at radius 3 is 1.73 bits per heavy atom. The van der Waals surface area contributed by atoms with Crippen LogP contribution in [0.25, 0.3) is 0 Å². The maximum Gasteiger partial charge on any atom is -1.00 e. The monoisotopic (exact) mass is 529 g/mol. The molecule has 30 heavy (non-hydrogen) atoms. The van der Waals surface area contributed by atoms with Crippen LogP contribution in [0.15, 0.2) is 102 Å². The van der Waals surface area contributed by atoms with Crippen molar-refractivity contribution in [3.63, 3.8) is 0 Å². The molecule has 0 radical (unpaired) electrons. The van der Waals surface area contributed by atoms with Gasteiger partial charge in [0.2, 0.25) is 0 Å². The molecule has 2 aromatic carbocycles. The number of hydrogen-bond acceptors (Lipinski definition) is 0. The van der Waals surface area contributed by atoms with Crippen LogP contribution in [-0.2, 0) is 20.9 Å². The molecule has 1 unspecified atom stereocenters. The zero-order chi connectivity index (χ0) is 19.7. The third-order valence-electron chi connectivity index (χ3n) is 5.97. The quantitative estimate of drug-likeness (QED) is 0.446. The number of rotatable bonds is 5. The Labute approximate surface area is 202 Å². The second-order valence-corrected chi connectivity index (χ2v) is 23.1. The molecule has 0 fully saturated rings. The molecule has 0 N–H and O–H groups in total. The molecule has 0 spiro atoms. The molecule has 0 bridgehead atoms. The molecule has 0 heterocycles. The number of hydrogen-bond donors (Lipinski definition) is 0. The minimum atomic E-state index is -2.10. The van der Waals surface area contributed by atoms with Crippen LogP contribution in [0.5, 0.6) is 0 Å². The first-order chi connectivity index (χ1) is 13.5. The van der Waals surface area contributed by atoms with E-state index in [1.165, 1.54) is 12.0 Å². The molecule has 2 aliphatic rings. The van der Waals surface area contributed by atoms with E-state index in [0.29, 0.717) is 5.92 Å². The van der Waals surface area contributed by atoms with Crippen LogP contribution < -0.4 is 35.2 Å². The van der Waals surface area contributed by atoms with E-state index in [9.17, 15) is 0 Å². The minimum absolute atomic E-state index is 0. The van der Waals surface area contributed by atoms with Gasteiger partial charge in [-0.2, -0.15) is 0 Å². The summed E-state index contributed by atoms with van der Waals surface area (Å²) in [5.74, 6) is -0.690. The smallest absolute Gasteiger partial charge is 1.00 e. The van der Waals surface area contributed by atoms with Gasteiger partial charge in [-0.3, -0.25) is 0 Å². The summed E-state index contributed by atoms with van der Waals surface area (Å²) in [5, 5.41) is 3.26. The summed E-state index contributed by atoms with van der Waals surface area (Å²) in [6.45, 7) is 9.39. The van der Waals surface area contributed by atoms with Crippen molar-refractivity contribution in [2.24, 2.45) is 5.92 Å². The molecular formula is C26H29Cl2SiZr. The van der Waals surface area contributed by atoms with Crippen molar-refractivity contribution >= 4 is 16.3 Å². The SMILES string of the molecule is CC1=CC(C)[C]([Zr+2]([C]2=C(C)C=C(C)C2)[SiH](c2ccccc2)c2ccccc2)=C1.[Cl-].[Cl-]. The van der Waals surface area contributed by atoms with E-state index in [1.807, 2.05) is 6.56 Å². The van der Waals surface area contributed by atoms with Crippen LogP contribution in [0.2, 0.25) is 0 Å². The summed E-state index contributed by atoms with van der Waals surface area (Å²) in [5.41, 5.74) is 4.60. The minimum Gasteiger partial charge on any atom is -1.00 e. The van der Waals surface area contributed by atoms with Gasteiger partial charge < -0.3 is 24.8 Å². The topological polar surface area (TPSA) is 0 Å². The number of allylic oxidation sites excluding steroid dienone is 8. The molecule has 155 valence electrons. The van der Waals surface area contributed by atoms with E-state index >= 15 is 0 Å². The Kier molecular flexibility index (Phi) is 9.37. The van der Waals surface area contributed by atoms with Crippen LogP contribution in [0.4, 0.5) is 0 Å². The average Bonchev–Trinajstić information content (AvgIpc) is 3.20. The molecule has 4 rings (SSSR count). The molecule has 2 aliphatic carbocycles. The Bertz CT molecular complexity index is 951. The van der Waals surface area contributed by atoms with Crippen LogP contribution in [0, 0.1) is 5.92 Å². The first kappa shape index (κ1) is 25.3. The van der Waals surface area contributed by atoms with Gasteiger partial charge in [-0.25, -0.2) is 0 Å². The second-order valence-electron chi connectivity index (χ2n) is 8.30. The Hall–Kier alpha value is -0.920. The van der Waals surface area contributed by atoms with Crippen molar-refractivity contribution in [1.29, 1.82) is 0 Å². The molecule has 0 aromatic heterocycles. The van der Waals surface area contributed by atoms with Gasteiger partial charge in [-0.05, 0) is 0 Å². The fraction of sp³-hybridized carbons (Fsp3) is 0.231. The largest absolute Gasteiger partial charge is 1.00 e. The van der Waals surface area contributed by atoms with Gasteiger partial charge in [0.05, 0.1) is 0 Å². The van der Waals surface area contributed by atoms with Crippen molar-refractivity contribution < 1.29 is 45.7 Å². The predicted molar refractivity (Wildman–Crippen MR) is 121 cm³/mol. The van der Waals surface area contributed by atoms with Crippen LogP contribution in [0.1, 0.15) is 34.1 Å². The first-order valence-corrected chi connectivity index (χ1v) is 18.7. The molecule has 1 atom stereocenters. The molecule has 2 aromatic rings. The summed E-state index contributed by atoms with van der Waals surface area (Å²) in [4.78, 5) is 0. The molecule has 0 nitrogen and oxygen atoms in total. The Morgan fingerprint density at radius 1 is 0.800 bits per heavy atom. The maximum absolute atomic E-state index is 2.57. The Morgan fingerprint density at radius 2 is 1.33 bits per heavy atom. The third-order valence-corrected chi connectivity index (χ3v) is 27.9. The van der Waals surface area contributed by atoms with E-state index < -0.39 is 26.8 Å². The molecule has 0 saturated heterocycles. The van der Waals surface area contributed by atoms with Crippen LogP contribution in [0.3, 0.4) is 0 Å². The molecule has 4 heteroatoms. The fourth-order valence-electron chi connectivity index (χ4n) is 4.80.